The molecular formula is C13H17ClN2O3. The molecule has 1 amide bonds. The molecular weight excluding hydrogens is 268 g/mol. The molecule has 0 spiro atoms. The maximum Gasteiger partial charge on any atom is 0.337 e. The number of amides is 1. The number of halogens is 1. The number of methoxy groups -OCH3 is 1. The molecule has 0 aromatic heterocycles. The summed E-state index contributed by atoms with van der Waals surface area (Å²) in [5, 5.41) is 3.20. The lowest BCUT2D eigenvalue weighted by molar-refractivity contribution is 0.0599. The van der Waals surface area contributed by atoms with E-state index in [1.807, 2.05) is 4.90 Å². The smallest absolute Gasteiger partial charge is 0.337 e. The Labute approximate surface area is 118 Å². The van der Waals surface area contributed by atoms with Gasteiger partial charge in [-0.2, -0.15) is 0 Å². The number of hydrogen-bond donors (Lipinski definition) is 1. The van der Waals surface area contributed by atoms with Crippen LogP contribution in [0.4, 0.5) is 0 Å². The van der Waals surface area contributed by atoms with Crippen molar-refractivity contribution in [2.75, 3.05) is 33.3 Å². The first-order valence-electron chi connectivity index (χ1n) is 5.91. The summed E-state index contributed by atoms with van der Waals surface area (Å²) >= 11 is 0. The molecule has 0 unspecified atom stereocenters. The SMILES string of the molecule is COC(=O)c1ccc(C(=O)N2CCNCC2)cc1.Cl. The highest BCUT2D eigenvalue weighted by atomic mass is 35.5. The van der Waals surface area contributed by atoms with E-state index in [9.17, 15) is 9.59 Å². The third kappa shape index (κ3) is 3.68. The summed E-state index contributed by atoms with van der Waals surface area (Å²) in [4.78, 5) is 25.2. The van der Waals surface area contributed by atoms with E-state index in [4.69, 9.17) is 0 Å². The lowest BCUT2D eigenvalue weighted by Crippen LogP contribution is -2.46. The molecule has 0 saturated carbocycles. The number of esters is 1. The molecule has 1 saturated heterocycles. The van der Waals surface area contributed by atoms with Gasteiger partial charge < -0.3 is 15.0 Å². The summed E-state index contributed by atoms with van der Waals surface area (Å²) < 4.78 is 4.61. The lowest BCUT2D eigenvalue weighted by atomic mass is 10.1. The number of nitrogens with one attached hydrogen (secondary N) is 1. The van der Waals surface area contributed by atoms with E-state index >= 15 is 0 Å². The first-order valence-corrected chi connectivity index (χ1v) is 5.91. The molecule has 1 aromatic carbocycles. The van der Waals surface area contributed by atoms with Gasteiger partial charge in [-0.15, -0.1) is 12.4 Å². The maximum atomic E-state index is 12.1. The van der Waals surface area contributed by atoms with Crippen molar-refractivity contribution < 1.29 is 14.3 Å². The third-order valence-electron chi connectivity index (χ3n) is 2.96. The summed E-state index contributed by atoms with van der Waals surface area (Å²) in [7, 11) is 1.34. The normalized spacial score (nSPS) is 14.5. The molecule has 0 bridgehead atoms. The fourth-order valence-corrected chi connectivity index (χ4v) is 1.92. The Morgan fingerprint density at radius 1 is 1.11 bits per heavy atom. The minimum atomic E-state index is -0.392. The molecule has 0 aliphatic carbocycles. The summed E-state index contributed by atoms with van der Waals surface area (Å²) in [6, 6.07) is 6.55. The zero-order valence-corrected chi connectivity index (χ0v) is 11.5. The monoisotopic (exact) mass is 284 g/mol. The molecule has 1 aliphatic heterocycles. The number of benzene rings is 1. The average molecular weight is 285 g/mol. The Morgan fingerprint density at radius 3 is 2.16 bits per heavy atom. The predicted octanol–water partition coefficient (Wildman–Crippen LogP) is 0.940. The first-order chi connectivity index (χ1) is 8.72. The minimum absolute atomic E-state index is 0. The van der Waals surface area contributed by atoms with E-state index in [1.54, 1.807) is 24.3 Å². The van der Waals surface area contributed by atoms with E-state index in [2.05, 4.69) is 10.1 Å². The topological polar surface area (TPSA) is 58.6 Å². The van der Waals surface area contributed by atoms with Crippen molar-refractivity contribution in [3.05, 3.63) is 35.4 Å². The van der Waals surface area contributed by atoms with Gasteiger partial charge in [0.25, 0.3) is 5.91 Å². The van der Waals surface area contributed by atoms with Gasteiger partial charge in [0, 0.05) is 31.7 Å². The highest BCUT2D eigenvalue weighted by Crippen LogP contribution is 2.09. The molecule has 1 N–H and O–H groups in total. The summed E-state index contributed by atoms with van der Waals surface area (Å²) in [6.45, 7) is 3.09. The van der Waals surface area contributed by atoms with E-state index in [0.717, 1.165) is 26.2 Å². The van der Waals surface area contributed by atoms with E-state index in [1.165, 1.54) is 7.11 Å². The van der Waals surface area contributed by atoms with Crippen LogP contribution in [0.25, 0.3) is 0 Å². The van der Waals surface area contributed by atoms with Crippen LogP contribution in [0.15, 0.2) is 24.3 Å². The van der Waals surface area contributed by atoms with Crippen molar-refractivity contribution in [3.8, 4) is 0 Å². The van der Waals surface area contributed by atoms with Gasteiger partial charge in [-0.05, 0) is 24.3 Å². The van der Waals surface area contributed by atoms with Crippen molar-refractivity contribution in [1.82, 2.24) is 10.2 Å². The van der Waals surface area contributed by atoms with Crippen molar-refractivity contribution in [2.24, 2.45) is 0 Å². The number of hydrogen-bond acceptors (Lipinski definition) is 4. The fraction of sp³-hybridized carbons (Fsp3) is 0.385. The zero-order valence-electron chi connectivity index (χ0n) is 10.7. The average Bonchev–Trinajstić information content (AvgIpc) is 2.47. The highest BCUT2D eigenvalue weighted by molar-refractivity contribution is 5.96. The van der Waals surface area contributed by atoms with Crippen LogP contribution in [0.1, 0.15) is 20.7 Å². The molecule has 6 heteroatoms. The lowest BCUT2D eigenvalue weighted by Gasteiger charge is -2.27. The molecule has 1 aliphatic rings. The molecule has 5 nitrogen and oxygen atoms in total. The standard InChI is InChI=1S/C13H16N2O3.ClH/c1-18-13(17)11-4-2-10(3-5-11)12(16)15-8-6-14-7-9-15;/h2-5,14H,6-9H2,1H3;1H. The number of carbonyl (C=O) groups is 2. The van der Waals surface area contributed by atoms with Crippen LogP contribution in [0.5, 0.6) is 0 Å². The molecule has 104 valence electrons. The number of piperazine rings is 1. The summed E-state index contributed by atoms with van der Waals surface area (Å²) in [5.74, 6) is -0.385. The first kappa shape index (κ1) is 15.5. The van der Waals surface area contributed by atoms with Gasteiger partial charge in [-0.1, -0.05) is 0 Å². The largest absolute Gasteiger partial charge is 0.465 e. The van der Waals surface area contributed by atoms with Crippen molar-refractivity contribution >= 4 is 24.3 Å². The van der Waals surface area contributed by atoms with E-state index in [-0.39, 0.29) is 18.3 Å². The molecule has 0 atom stereocenters. The Balaban J connectivity index is 0.00000180. The van der Waals surface area contributed by atoms with Crippen LogP contribution in [0.3, 0.4) is 0 Å². The van der Waals surface area contributed by atoms with Gasteiger partial charge in [0.2, 0.25) is 0 Å². The van der Waals surface area contributed by atoms with Gasteiger partial charge in [0.1, 0.15) is 0 Å². The van der Waals surface area contributed by atoms with Crippen LogP contribution < -0.4 is 5.32 Å². The van der Waals surface area contributed by atoms with E-state index in [0.29, 0.717) is 11.1 Å². The van der Waals surface area contributed by atoms with Crippen LogP contribution in [-0.4, -0.2) is 50.1 Å². The molecule has 0 radical (unpaired) electrons. The van der Waals surface area contributed by atoms with Gasteiger partial charge in [0.05, 0.1) is 12.7 Å². The Kier molecular flexibility index (Phi) is 5.79. The summed E-state index contributed by atoms with van der Waals surface area (Å²) in [6.07, 6.45) is 0. The number of carbonyl (C=O) groups excluding carboxylic acids is 2. The quantitative estimate of drug-likeness (QED) is 0.821. The molecule has 19 heavy (non-hydrogen) atoms. The van der Waals surface area contributed by atoms with Crippen LogP contribution >= 0.6 is 12.4 Å². The van der Waals surface area contributed by atoms with Crippen molar-refractivity contribution in [3.63, 3.8) is 0 Å². The maximum absolute atomic E-state index is 12.1. The Bertz CT molecular complexity index is 442. The second-order valence-electron chi connectivity index (χ2n) is 4.11. The fourth-order valence-electron chi connectivity index (χ4n) is 1.92. The molecule has 2 rings (SSSR count). The van der Waals surface area contributed by atoms with Gasteiger partial charge in [-0.25, -0.2) is 4.79 Å². The number of rotatable bonds is 2. The van der Waals surface area contributed by atoms with Gasteiger partial charge >= 0.3 is 5.97 Å². The second kappa shape index (κ2) is 7.11. The zero-order chi connectivity index (χ0) is 13.0. The van der Waals surface area contributed by atoms with E-state index < -0.39 is 5.97 Å². The molecule has 1 aromatic rings. The minimum Gasteiger partial charge on any atom is -0.465 e. The Hall–Kier alpha value is -1.59. The van der Waals surface area contributed by atoms with Gasteiger partial charge in [0.15, 0.2) is 0 Å². The predicted molar refractivity (Wildman–Crippen MR) is 73.8 cm³/mol. The summed E-state index contributed by atoms with van der Waals surface area (Å²) in [5.41, 5.74) is 1.05. The number of ether oxygens (including phenoxy) is 1. The third-order valence-corrected chi connectivity index (χ3v) is 2.96. The molecule has 1 fully saturated rings. The Morgan fingerprint density at radius 2 is 1.63 bits per heavy atom. The van der Waals surface area contributed by atoms with Crippen molar-refractivity contribution in [2.45, 2.75) is 0 Å². The number of nitrogens with zero attached hydrogens (tertiary/aromatic N) is 1. The highest BCUT2D eigenvalue weighted by Gasteiger charge is 2.18. The van der Waals surface area contributed by atoms with Gasteiger partial charge in [-0.3, -0.25) is 4.79 Å². The van der Waals surface area contributed by atoms with Crippen LogP contribution in [0.2, 0.25) is 0 Å². The van der Waals surface area contributed by atoms with Crippen LogP contribution in [-0.2, 0) is 4.74 Å². The second-order valence-corrected chi connectivity index (χ2v) is 4.11. The van der Waals surface area contributed by atoms with Crippen LogP contribution in [0, 0.1) is 0 Å². The van der Waals surface area contributed by atoms with Crippen molar-refractivity contribution in [1.29, 1.82) is 0 Å². The molecule has 1 heterocycles.